The average Bonchev–Trinajstić information content (AvgIpc) is 2.44. The van der Waals surface area contributed by atoms with Crippen LogP contribution in [0.15, 0.2) is 6.07 Å². The minimum absolute atomic E-state index is 0.0913. The van der Waals surface area contributed by atoms with Gasteiger partial charge in [-0.2, -0.15) is 8.78 Å². The van der Waals surface area contributed by atoms with Crippen molar-refractivity contribution in [1.29, 1.82) is 0 Å². The summed E-state index contributed by atoms with van der Waals surface area (Å²) < 4.78 is 30.2. The third-order valence-electron chi connectivity index (χ3n) is 1.44. The van der Waals surface area contributed by atoms with E-state index < -0.39 is 17.5 Å². The summed E-state index contributed by atoms with van der Waals surface area (Å²) in [4.78, 5) is 10.7. The molecular weight excluding hydrogens is 257 g/mol. The average molecular weight is 261 g/mol. The summed E-state index contributed by atoms with van der Waals surface area (Å²) in [5.74, 6) is -5.41. The van der Waals surface area contributed by atoms with Crippen molar-refractivity contribution in [3.05, 3.63) is 20.3 Å². The van der Waals surface area contributed by atoms with E-state index in [2.05, 4.69) is 4.74 Å². The van der Waals surface area contributed by atoms with Crippen molar-refractivity contribution in [3.8, 4) is 0 Å². The maximum Gasteiger partial charge on any atom is 0.381 e. The highest BCUT2D eigenvalue weighted by molar-refractivity contribution is 7.20. The molecule has 0 radical (unpaired) electrons. The Morgan fingerprint density at radius 3 is 2.50 bits per heavy atom. The number of rotatable bonds is 2. The summed E-state index contributed by atoms with van der Waals surface area (Å²) in [6.45, 7) is 0. The van der Waals surface area contributed by atoms with E-state index in [1.54, 1.807) is 0 Å². The first kappa shape index (κ1) is 11.7. The van der Waals surface area contributed by atoms with Crippen molar-refractivity contribution >= 4 is 40.5 Å². The number of carbonyl (C=O) groups excluding carboxylic acids is 1. The Morgan fingerprint density at radius 2 is 2.14 bits per heavy atom. The summed E-state index contributed by atoms with van der Waals surface area (Å²) in [6, 6.07) is 0.950. The minimum atomic E-state index is -3.75. The lowest BCUT2D eigenvalue weighted by atomic mass is 10.2. The Morgan fingerprint density at radius 1 is 1.57 bits per heavy atom. The van der Waals surface area contributed by atoms with E-state index in [4.69, 9.17) is 23.2 Å². The largest absolute Gasteiger partial charge is 0.464 e. The molecule has 2 nitrogen and oxygen atoms in total. The van der Waals surface area contributed by atoms with Gasteiger partial charge in [-0.15, -0.1) is 11.3 Å². The Labute approximate surface area is 92.4 Å². The van der Waals surface area contributed by atoms with Crippen LogP contribution in [0, 0.1) is 0 Å². The number of alkyl halides is 2. The van der Waals surface area contributed by atoms with E-state index in [0.717, 1.165) is 24.5 Å². The first-order valence-corrected chi connectivity index (χ1v) is 4.88. The Kier molecular flexibility index (Phi) is 3.34. The fraction of sp³-hybridized carbons (Fsp3) is 0.286. The minimum Gasteiger partial charge on any atom is -0.464 e. The van der Waals surface area contributed by atoms with Gasteiger partial charge in [-0.05, 0) is 6.07 Å². The number of hydrogen-bond donors (Lipinski definition) is 0. The van der Waals surface area contributed by atoms with Crippen LogP contribution in [0.4, 0.5) is 8.78 Å². The zero-order valence-electron chi connectivity index (χ0n) is 6.81. The van der Waals surface area contributed by atoms with Crippen molar-refractivity contribution in [1.82, 2.24) is 0 Å². The predicted molar refractivity (Wildman–Crippen MR) is 50.2 cm³/mol. The van der Waals surface area contributed by atoms with Gasteiger partial charge in [0.1, 0.15) is 4.34 Å². The number of carbonyl (C=O) groups is 1. The first-order chi connectivity index (χ1) is 6.39. The maximum atomic E-state index is 13.2. The molecule has 0 fully saturated rings. The molecule has 0 atom stereocenters. The first-order valence-electron chi connectivity index (χ1n) is 3.31. The normalized spacial score (nSPS) is 11.5. The van der Waals surface area contributed by atoms with Crippen LogP contribution in [0.5, 0.6) is 0 Å². The third kappa shape index (κ3) is 1.99. The van der Waals surface area contributed by atoms with Crippen LogP contribution in [-0.2, 0) is 15.5 Å². The molecule has 0 amide bonds. The van der Waals surface area contributed by atoms with Gasteiger partial charge in [0.25, 0.3) is 0 Å². The molecule has 0 N–H and O–H groups in total. The lowest BCUT2D eigenvalue weighted by molar-refractivity contribution is -0.170. The highest BCUT2D eigenvalue weighted by atomic mass is 35.5. The van der Waals surface area contributed by atoms with Gasteiger partial charge in [-0.3, -0.25) is 0 Å². The van der Waals surface area contributed by atoms with Gasteiger partial charge >= 0.3 is 11.9 Å². The second-order valence-corrected chi connectivity index (χ2v) is 4.59. The number of thiophene rings is 1. The van der Waals surface area contributed by atoms with Crippen molar-refractivity contribution in [2.75, 3.05) is 7.11 Å². The molecule has 7 heteroatoms. The standard InChI is InChI=1S/C7H4Cl2F2O2S/c1-13-6(12)7(10,11)3-2-4(8)14-5(3)9/h2H,1H3. The van der Waals surface area contributed by atoms with Crippen molar-refractivity contribution in [2.24, 2.45) is 0 Å². The van der Waals surface area contributed by atoms with Crippen LogP contribution in [-0.4, -0.2) is 13.1 Å². The zero-order valence-corrected chi connectivity index (χ0v) is 9.14. The molecule has 0 unspecified atom stereocenters. The highest BCUT2D eigenvalue weighted by Gasteiger charge is 2.45. The summed E-state index contributed by atoms with van der Waals surface area (Å²) >= 11 is 11.7. The molecular formula is C7H4Cl2F2O2S. The number of hydrogen-bond acceptors (Lipinski definition) is 3. The molecule has 0 aliphatic rings. The molecule has 0 aliphatic carbocycles. The van der Waals surface area contributed by atoms with Gasteiger partial charge in [-0.1, -0.05) is 23.2 Å². The SMILES string of the molecule is COC(=O)C(F)(F)c1cc(Cl)sc1Cl. The molecule has 0 aliphatic heterocycles. The monoisotopic (exact) mass is 260 g/mol. The summed E-state index contributed by atoms with van der Waals surface area (Å²) in [7, 11) is 0.873. The molecule has 78 valence electrons. The molecule has 1 rings (SSSR count). The summed E-state index contributed by atoms with van der Waals surface area (Å²) in [5, 5.41) is 0. The second-order valence-electron chi connectivity index (χ2n) is 2.30. The maximum absolute atomic E-state index is 13.2. The number of halogens is 4. The Hall–Kier alpha value is -0.390. The van der Waals surface area contributed by atoms with E-state index in [9.17, 15) is 13.6 Å². The lowest BCUT2D eigenvalue weighted by Crippen LogP contribution is -2.26. The fourth-order valence-corrected chi connectivity index (χ4v) is 2.32. The summed E-state index contributed by atoms with van der Waals surface area (Å²) in [6.07, 6.45) is 0. The van der Waals surface area contributed by atoms with Crippen LogP contribution in [0.1, 0.15) is 5.56 Å². The molecule has 0 bridgehead atoms. The second kappa shape index (κ2) is 4.00. The molecule has 0 saturated carbocycles. The molecule has 14 heavy (non-hydrogen) atoms. The van der Waals surface area contributed by atoms with E-state index in [1.807, 2.05) is 0 Å². The van der Waals surface area contributed by atoms with E-state index >= 15 is 0 Å². The van der Waals surface area contributed by atoms with Crippen LogP contribution < -0.4 is 0 Å². The van der Waals surface area contributed by atoms with Gasteiger partial charge in [0, 0.05) is 0 Å². The molecule has 1 heterocycles. The molecule has 0 aromatic carbocycles. The zero-order chi connectivity index (χ0) is 10.9. The smallest absolute Gasteiger partial charge is 0.381 e. The molecule has 0 saturated heterocycles. The topological polar surface area (TPSA) is 26.3 Å². The lowest BCUT2D eigenvalue weighted by Gasteiger charge is -2.11. The number of ether oxygens (including phenoxy) is 1. The number of esters is 1. The predicted octanol–water partition coefficient (Wildman–Crippen LogP) is 3.32. The van der Waals surface area contributed by atoms with Crippen molar-refractivity contribution in [2.45, 2.75) is 5.92 Å². The van der Waals surface area contributed by atoms with Gasteiger partial charge in [-0.25, -0.2) is 4.79 Å². The van der Waals surface area contributed by atoms with Crippen LogP contribution in [0.2, 0.25) is 8.67 Å². The highest BCUT2D eigenvalue weighted by Crippen LogP contribution is 2.41. The fourth-order valence-electron chi connectivity index (χ4n) is 0.792. The molecule has 0 spiro atoms. The molecule has 1 aromatic rings. The summed E-state index contributed by atoms with van der Waals surface area (Å²) in [5.41, 5.74) is -0.624. The van der Waals surface area contributed by atoms with Gasteiger partial charge in [0.15, 0.2) is 0 Å². The van der Waals surface area contributed by atoms with Gasteiger partial charge in [0.2, 0.25) is 0 Å². The van der Waals surface area contributed by atoms with E-state index in [-0.39, 0.29) is 8.67 Å². The Balaban J connectivity index is 3.15. The molecule has 1 aromatic heterocycles. The Bertz CT molecular complexity index is 365. The van der Waals surface area contributed by atoms with Crippen LogP contribution in [0.25, 0.3) is 0 Å². The van der Waals surface area contributed by atoms with Crippen molar-refractivity contribution < 1.29 is 18.3 Å². The van der Waals surface area contributed by atoms with Gasteiger partial charge in [0.05, 0.1) is 17.0 Å². The van der Waals surface area contributed by atoms with E-state index in [0.29, 0.717) is 0 Å². The van der Waals surface area contributed by atoms with Gasteiger partial charge < -0.3 is 4.74 Å². The van der Waals surface area contributed by atoms with Crippen LogP contribution >= 0.6 is 34.5 Å². The third-order valence-corrected chi connectivity index (χ3v) is 2.92. The quantitative estimate of drug-likeness (QED) is 0.763. The van der Waals surface area contributed by atoms with Crippen molar-refractivity contribution in [3.63, 3.8) is 0 Å². The van der Waals surface area contributed by atoms with Crippen LogP contribution in [0.3, 0.4) is 0 Å². The van der Waals surface area contributed by atoms with E-state index in [1.165, 1.54) is 0 Å². The number of methoxy groups -OCH3 is 1.